The van der Waals surface area contributed by atoms with Crippen molar-refractivity contribution in [1.82, 2.24) is 15.5 Å². The second-order valence-corrected chi connectivity index (χ2v) is 6.88. The van der Waals surface area contributed by atoms with Crippen LogP contribution in [0.4, 0.5) is 4.79 Å². The smallest absolute Gasteiger partial charge is 0.314 e. The van der Waals surface area contributed by atoms with Gasteiger partial charge in [0.1, 0.15) is 0 Å². The predicted octanol–water partition coefficient (Wildman–Crippen LogP) is 2.29. The van der Waals surface area contributed by atoms with Crippen LogP contribution >= 0.6 is 0 Å². The number of rotatable bonds is 6. The zero-order valence-corrected chi connectivity index (χ0v) is 14.1. The molecule has 0 spiro atoms. The van der Waals surface area contributed by atoms with Crippen molar-refractivity contribution in [3.05, 3.63) is 11.6 Å². The molecular weight excluding hydrogens is 278 g/mol. The van der Waals surface area contributed by atoms with Crippen molar-refractivity contribution >= 4 is 6.03 Å². The third kappa shape index (κ3) is 5.61. The zero-order valence-electron chi connectivity index (χ0n) is 14.1. The number of allylic oxidation sites excluding steroid dienone is 1. The Bertz CT molecular complexity index is 387. The largest absolute Gasteiger partial charge is 0.379 e. The normalized spacial score (nSPS) is 20.4. The van der Waals surface area contributed by atoms with Crippen molar-refractivity contribution in [2.75, 3.05) is 39.4 Å². The average molecular weight is 309 g/mol. The molecule has 0 saturated carbocycles. The first-order valence-corrected chi connectivity index (χ1v) is 8.60. The molecule has 2 aliphatic rings. The first-order chi connectivity index (χ1) is 10.6. The van der Waals surface area contributed by atoms with E-state index in [-0.39, 0.29) is 11.6 Å². The number of ether oxygens (including phenoxy) is 1. The van der Waals surface area contributed by atoms with Gasteiger partial charge in [0, 0.05) is 31.7 Å². The second-order valence-electron chi connectivity index (χ2n) is 6.88. The standard InChI is InChI=1S/C17H31N3O2/c1-17(2,20-10-12-22-13-11-20)14-19-16(21)18-9-8-15-6-4-3-5-7-15/h6H,3-5,7-14H2,1-2H3,(H2,18,19,21). The summed E-state index contributed by atoms with van der Waals surface area (Å²) in [6.45, 7) is 9.17. The number of hydrogen-bond donors (Lipinski definition) is 2. The van der Waals surface area contributed by atoms with E-state index in [1.807, 2.05) is 0 Å². The third-order valence-electron chi connectivity index (χ3n) is 4.67. The van der Waals surface area contributed by atoms with Gasteiger partial charge in [0.05, 0.1) is 13.2 Å². The van der Waals surface area contributed by atoms with Crippen molar-refractivity contribution in [3.63, 3.8) is 0 Å². The molecule has 2 rings (SSSR count). The lowest BCUT2D eigenvalue weighted by molar-refractivity contribution is -0.00874. The molecule has 0 atom stereocenters. The lowest BCUT2D eigenvalue weighted by Crippen LogP contribution is -2.56. The average Bonchev–Trinajstić information content (AvgIpc) is 2.55. The summed E-state index contributed by atoms with van der Waals surface area (Å²) in [5, 5.41) is 5.98. The molecule has 0 bridgehead atoms. The number of carbonyl (C=O) groups is 1. The maximum Gasteiger partial charge on any atom is 0.314 e. The molecular formula is C17H31N3O2. The SMILES string of the molecule is CC(C)(CNC(=O)NCCC1=CCCCC1)N1CCOCC1. The lowest BCUT2D eigenvalue weighted by atomic mass is 9.97. The fourth-order valence-electron chi connectivity index (χ4n) is 3.11. The molecule has 126 valence electrons. The quantitative estimate of drug-likeness (QED) is 0.740. The van der Waals surface area contributed by atoms with Crippen LogP contribution < -0.4 is 10.6 Å². The summed E-state index contributed by atoms with van der Waals surface area (Å²) in [6, 6.07) is -0.0576. The van der Waals surface area contributed by atoms with Gasteiger partial charge in [-0.2, -0.15) is 0 Å². The Hall–Kier alpha value is -1.07. The van der Waals surface area contributed by atoms with E-state index >= 15 is 0 Å². The minimum atomic E-state index is -0.0576. The van der Waals surface area contributed by atoms with Gasteiger partial charge in [-0.3, -0.25) is 4.90 Å². The molecule has 0 radical (unpaired) electrons. The molecule has 1 aliphatic carbocycles. The Balaban J connectivity index is 1.62. The third-order valence-corrected chi connectivity index (χ3v) is 4.67. The van der Waals surface area contributed by atoms with Crippen LogP contribution in [-0.2, 0) is 4.74 Å². The topological polar surface area (TPSA) is 53.6 Å². The van der Waals surface area contributed by atoms with Gasteiger partial charge in [0.25, 0.3) is 0 Å². The van der Waals surface area contributed by atoms with Gasteiger partial charge in [-0.05, 0) is 46.0 Å². The van der Waals surface area contributed by atoms with Crippen LogP contribution in [0.25, 0.3) is 0 Å². The Morgan fingerprint density at radius 1 is 1.27 bits per heavy atom. The first-order valence-electron chi connectivity index (χ1n) is 8.60. The van der Waals surface area contributed by atoms with E-state index in [0.717, 1.165) is 39.3 Å². The van der Waals surface area contributed by atoms with E-state index in [4.69, 9.17) is 4.74 Å². The Morgan fingerprint density at radius 3 is 2.73 bits per heavy atom. The second kappa shape index (κ2) is 8.53. The van der Waals surface area contributed by atoms with Crippen molar-refractivity contribution < 1.29 is 9.53 Å². The lowest BCUT2D eigenvalue weighted by Gasteiger charge is -2.40. The molecule has 0 unspecified atom stereocenters. The molecule has 22 heavy (non-hydrogen) atoms. The van der Waals surface area contributed by atoms with Gasteiger partial charge < -0.3 is 15.4 Å². The molecule has 1 saturated heterocycles. The van der Waals surface area contributed by atoms with Crippen molar-refractivity contribution in [1.29, 1.82) is 0 Å². The van der Waals surface area contributed by atoms with Crippen LogP contribution in [-0.4, -0.2) is 55.9 Å². The first kappa shape index (κ1) is 17.3. The van der Waals surface area contributed by atoms with E-state index in [1.165, 1.54) is 31.3 Å². The minimum Gasteiger partial charge on any atom is -0.379 e. The highest BCUT2D eigenvalue weighted by atomic mass is 16.5. The summed E-state index contributed by atoms with van der Waals surface area (Å²) in [5.74, 6) is 0. The molecule has 0 aromatic heterocycles. The van der Waals surface area contributed by atoms with Gasteiger partial charge in [-0.25, -0.2) is 4.79 Å². The molecule has 1 aliphatic heterocycles. The van der Waals surface area contributed by atoms with E-state index in [0.29, 0.717) is 6.54 Å². The number of nitrogens with one attached hydrogen (secondary N) is 2. The van der Waals surface area contributed by atoms with Gasteiger partial charge in [0.2, 0.25) is 0 Å². The Kier molecular flexibility index (Phi) is 6.70. The van der Waals surface area contributed by atoms with Crippen molar-refractivity contribution in [2.24, 2.45) is 0 Å². The molecule has 1 heterocycles. The summed E-state index contributed by atoms with van der Waals surface area (Å²) in [7, 11) is 0. The minimum absolute atomic E-state index is 0.0347. The summed E-state index contributed by atoms with van der Waals surface area (Å²) in [5.41, 5.74) is 1.47. The maximum absolute atomic E-state index is 11.9. The molecule has 5 heteroatoms. The number of urea groups is 1. The van der Waals surface area contributed by atoms with Crippen LogP contribution in [0.2, 0.25) is 0 Å². The van der Waals surface area contributed by atoms with E-state index in [1.54, 1.807) is 0 Å². The fourth-order valence-corrected chi connectivity index (χ4v) is 3.11. The summed E-state index contributed by atoms with van der Waals surface area (Å²) in [6.07, 6.45) is 8.34. The maximum atomic E-state index is 11.9. The van der Waals surface area contributed by atoms with Crippen LogP contribution in [0, 0.1) is 0 Å². The fraction of sp³-hybridized carbons (Fsp3) is 0.824. The molecule has 2 N–H and O–H groups in total. The Morgan fingerprint density at radius 2 is 2.05 bits per heavy atom. The number of amides is 2. The molecule has 0 aromatic rings. The van der Waals surface area contributed by atoms with Crippen molar-refractivity contribution in [3.8, 4) is 0 Å². The van der Waals surface area contributed by atoms with Gasteiger partial charge in [0.15, 0.2) is 0 Å². The summed E-state index contributed by atoms with van der Waals surface area (Å²) in [4.78, 5) is 14.3. The molecule has 0 aromatic carbocycles. The van der Waals surface area contributed by atoms with Crippen LogP contribution in [0.15, 0.2) is 11.6 Å². The van der Waals surface area contributed by atoms with Crippen molar-refractivity contribution in [2.45, 2.75) is 51.5 Å². The molecule has 1 fully saturated rings. The Labute approximate surface area is 134 Å². The van der Waals surface area contributed by atoms with E-state index in [9.17, 15) is 4.79 Å². The highest BCUT2D eigenvalue weighted by Gasteiger charge is 2.28. The number of hydrogen-bond acceptors (Lipinski definition) is 3. The van der Waals surface area contributed by atoms with Gasteiger partial charge in [-0.15, -0.1) is 0 Å². The van der Waals surface area contributed by atoms with Crippen LogP contribution in [0.1, 0.15) is 46.0 Å². The molecule has 5 nitrogen and oxygen atoms in total. The number of carbonyl (C=O) groups excluding carboxylic acids is 1. The number of nitrogens with zero attached hydrogens (tertiary/aromatic N) is 1. The van der Waals surface area contributed by atoms with E-state index < -0.39 is 0 Å². The zero-order chi connectivity index (χ0) is 15.8. The van der Waals surface area contributed by atoms with Crippen LogP contribution in [0.3, 0.4) is 0 Å². The highest BCUT2D eigenvalue weighted by molar-refractivity contribution is 5.73. The van der Waals surface area contributed by atoms with Gasteiger partial charge in [-0.1, -0.05) is 11.6 Å². The molecule has 2 amide bonds. The van der Waals surface area contributed by atoms with Gasteiger partial charge >= 0.3 is 6.03 Å². The number of morpholine rings is 1. The summed E-state index contributed by atoms with van der Waals surface area (Å²) < 4.78 is 5.38. The van der Waals surface area contributed by atoms with E-state index in [2.05, 4.69) is 35.5 Å². The summed E-state index contributed by atoms with van der Waals surface area (Å²) >= 11 is 0. The monoisotopic (exact) mass is 309 g/mol. The van der Waals surface area contributed by atoms with Crippen LogP contribution in [0.5, 0.6) is 0 Å². The highest BCUT2D eigenvalue weighted by Crippen LogP contribution is 2.19. The predicted molar refractivity (Wildman–Crippen MR) is 89.0 cm³/mol.